The van der Waals surface area contributed by atoms with Crippen LogP contribution in [0.2, 0.25) is 0 Å². The third kappa shape index (κ3) is 1.77. The number of aromatic nitrogens is 1. The number of carbonyl (C=O) groups excluding carboxylic acids is 1. The van der Waals surface area contributed by atoms with Crippen LogP contribution in [0, 0.1) is 22.7 Å². The van der Waals surface area contributed by atoms with E-state index in [1.54, 1.807) is 6.07 Å². The summed E-state index contributed by atoms with van der Waals surface area (Å²) in [4.78, 5) is 15.8. The fraction of sp³-hybridized carbons (Fsp3) is 0.625. The van der Waals surface area contributed by atoms with Gasteiger partial charge in [-0.2, -0.15) is 4.39 Å². The Bertz CT molecular complexity index is 557. The number of carbonyl (C=O) groups is 1. The fourth-order valence-corrected chi connectivity index (χ4v) is 4.21. The van der Waals surface area contributed by atoms with Crippen LogP contribution in [0.4, 0.5) is 4.39 Å². The largest absolute Gasteiger partial charge is 0.349 e. The van der Waals surface area contributed by atoms with E-state index in [1.165, 1.54) is 18.7 Å². The zero-order valence-corrected chi connectivity index (χ0v) is 12.2. The molecule has 1 N–H and O–H groups in total. The van der Waals surface area contributed by atoms with Crippen molar-refractivity contribution < 1.29 is 9.18 Å². The molecule has 20 heavy (non-hydrogen) atoms. The van der Waals surface area contributed by atoms with Crippen LogP contribution in [0.5, 0.6) is 0 Å². The van der Waals surface area contributed by atoms with Crippen molar-refractivity contribution in [2.45, 2.75) is 46.1 Å². The molecule has 0 aliphatic heterocycles. The van der Waals surface area contributed by atoms with Gasteiger partial charge >= 0.3 is 0 Å². The van der Waals surface area contributed by atoms with Crippen molar-refractivity contribution in [3.05, 3.63) is 29.8 Å². The molecule has 1 heterocycles. The zero-order valence-electron chi connectivity index (χ0n) is 12.2. The lowest BCUT2D eigenvalue weighted by Gasteiger charge is -2.39. The number of fused-ring (bicyclic) bond motifs is 2. The second kappa shape index (κ2) is 4.27. The monoisotopic (exact) mass is 276 g/mol. The molecule has 2 aliphatic rings. The van der Waals surface area contributed by atoms with Gasteiger partial charge in [-0.15, -0.1) is 0 Å². The number of rotatable bonds is 2. The molecule has 2 bridgehead atoms. The number of pyridine rings is 1. The van der Waals surface area contributed by atoms with E-state index in [2.05, 4.69) is 31.1 Å². The van der Waals surface area contributed by atoms with Gasteiger partial charge in [0.2, 0.25) is 5.95 Å². The average molecular weight is 276 g/mol. The highest BCUT2D eigenvalue weighted by Crippen LogP contribution is 2.65. The SMILES string of the molecule is CC1(C)[C@@H]2CC[C@]1(C)[C@H](NC(=O)c1ccnc(F)c1)C2. The first-order valence-corrected chi connectivity index (χ1v) is 7.27. The van der Waals surface area contributed by atoms with Gasteiger partial charge in [-0.25, -0.2) is 4.98 Å². The Balaban J connectivity index is 1.78. The van der Waals surface area contributed by atoms with Crippen LogP contribution in [-0.2, 0) is 0 Å². The Morgan fingerprint density at radius 1 is 1.45 bits per heavy atom. The summed E-state index contributed by atoms with van der Waals surface area (Å²) < 4.78 is 13.1. The van der Waals surface area contributed by atoms with E-state index in [0.29, 0.717) is 11.5 Å². The Morgan fingerprint density at radius 2 is 2.20 bits per heavy atom. The first-order valence-electron chi connectivity index (χ1n) is 7.27. The van der Waals surface area contributed by atoms with Gasteiger partial charge in [0.15, 0.2) is 0 Å². The lowest BCUT2D eigenvalue weighted by molar-refractivity contribution is 0.0825. The minimum atomic E-state index is -0.614. The van der Waals surface area contributed by atoms with Crippen molar-refractivity contribution in [2.75, 3.05) is 0 Å². The van der Waals surface area contributed by atoms with E-state index in [9.17, 15) is 9.18 Å². The van der Waals surface area contributed by atoms with E-state index in [4.69, 9.17) is 0 Å². The Labute approximate surface area is 119 Å². The molecule has 0 spiro atoms. The van der Waals surface area contributed by atoms with Crippen LogP contribution < -0.4 is 5.32 Å². The number of halogens is 1. The molecule has 1 aromatic rings. The molecule has 3 nitrogen and oxygen atoms in total. The molecule has 3 atom stereocenters. The van der Waals surface area contributed by atoms with Gasteiger partial charge in [0.1, 0.15) is 0 Å². The summed E-state index contributed by atoms with van der Waals surface area (Å²) in [5, 5.41) is 3.12. The third-order valence-electron chi connectivity index (χ3n) is 6.09. The van der Waals surface area contributed by atoms with Gasteiger partial charge in [-0.3, -0.25) is 4.79 Å². The highest BCUT2D eigenvalue weighted by Gasteiger charge is 2.61. The molecule has 0 unspecified atom stereocenters. The standard InChI is InChI=1S/C16H21FN2O/c1-15(2)11-4-6-16(15,3)12(9-11)19-14(20)10-5-7-18-13(17)8-10/h5,7-8,11-12H,4,6,9H2,1-3H3,(H,19,20)/t11-,12-,16-/m1/s1. The number of hydrogen-bond donors (Lipinski definition) is 1. The first kappa shape index (κ1) is 13.5. The Morgan fingerprint density at radius 3 is 2.75 bits per heavy atom. The molecule has 1 amide bonds. The minimum absolute atomic E-state index is 0.138. The predicted molar refractivity (Wildman–Crippen MR) is 74.7 cm³/mol. The van der Waals surface area contributed by atoms with Gasteiger partial charge in [-0.05, 0) is 42.1 Å². The first-order chi connectivity index (χ1) is 9.34. The van der Waals surface area contributed by atoms with Crippen LogP contribution in [0.15, 0.2) is 18.3 Å². The third-order valence-corrected chi connectivity index (χ3v) is 6.09. The van der Waals surface area contributed by atoms with Gasteiger partial charge in [0.25, 0.3) is 5.91 Å². The molecule has 0 radical (unpaired) electrons. The minimum Gasteiger partial charge on any atom is -0.349 e. The lowest BCUT2D eigenvalue weighted by atomic mass is 9.69. The quantitative estimate of drug-likeness (QED) is 0.843. The fourth-order valence-electron chi connectivity index (χ4n) is 4.21. The van der Waals surface area contributed by atoms with Crippen molar-refractivity contribution in [3.8, 4) is 0 Å². The second-order valence-corrected chi connectivity index (χ2v) is 7.00. The summed E-state index contributed by atoms with van der Waals surface area (Å²) in [6.07, 6.45) is 4.76. The summed E-state index contributed by atoms with van der Waals surface area (Å²) in [5.74, 6) is -0.134. The molecule has 2 fully saturated rings. The molecule has 2 saturated carbocycles. The van der Waals surface area contributed by atoms with Crippen molar-refractivity contribution >= 4 is 5.91 Å². The van der Waals surface area contributed by atoms with E-state index in [1.807, 2.05) is 0 Å². The molecule has 4 heteroatoms. The maximum atomic E-state index is 13.1. The summed E-state index contributed by atoms with van der Waals surface area (Å²) in [6.45, 7) is 6.89. The lowest BCUT2D eigenvalue weighted by Crippen LogP contribution is -2.46. The highest BCUT2D eigenvalue weighted by molar-refractivity contribution is 5.94. The molecule has 2 aliphatic carbocycles. The predicted octanol–water partition coefficient (Wildman–Crippen LogP) is 3.17. The highest BCUT2D eigenvalue weighted by atomic mass is 19.1. The van der Waals surface area contributed by atoms with Gasteiger partial charge < -0.3 is 5.32 Å². The normalized spacial score (nSPS) is 34.2. The van der Waals surface area contributed by atoms with Crippen LogP contribution >= 0.6 is 0 Å². The second-order valence-electron chi connectivity index (χ2n) is 7.00. The van der Waals surface area contributed by atoms with Crippen molar-refractivity contribution in [1.82, 2.24) is 10.3 Å². The van der Waals surface area contributed by atoms with E-state index >= 15 is 0 Å². The summed E-state index contributed by atoms with van der Waals surface area (Å²) >= 11 is 0. The zero-order chi connectivity index (χ0) is 14.5. The van der Waals surface area contributed by atoms with Crippen LogP contribution in [0.3, 0.4) is 0 Å². The summed E-state index contributed by atoms with van der Waals surface area (Å²) in [5.41, 5.74) is 0.745. The summed E-state index contributed by atoms with van der Waals surface area (Å²) in [6, 6.07) is 2.93. The Kier molecular flexibility index (Phi) is 2.89. The molecule has 0 saturated heterocycles. The molecule has 108 valence electrons. The maximum absolute atomic E-state index is 13.1. The van der Waals surface area contributed by atoms with E-state index < -0.39 is 5.95 Å². The van der Waals surface area contributed by atoms with Crippen molar-refractivity contribution in [3.63, 3.8) is 0 Å². The van der Waals surface area contributed by atoms with Crippen LogP contribution in [0.25, 0.3) is 0 Å². The van der Waals surface area contributed by atoms with E-state index in [-0.39, 0.29) is 22.8 Å². The number of nitrogens with zero attached hydrogens (tertiary/aromatic N) is 1. The number of hydrogen-bond acceptors (Lipinski definition) is 2. The van der Waals surface area contributed by atoms with Gasteiger partial charge in [0.05, 0.1) is 0 Å². The topological polar surface area (TPSA) is 42.0 Å². The molecule has 1 aromatic heterocycles. The van der Waals surface area contributed by atoms with Crippen molar-refractivity contribution in [1.29, 1.82) is 0 Å². The molecule has 0 aromatic carbocycles. The average Bonchev–Trinajstić information content (AvgIpc) is 2.72. The van der Waals surface area contributed by atoms with Crippen LogP contribution in [0.1, 0.15) is 50.4 Å². The summed E-state index contributed by atoms with van der Waals surface area (Å²) in [7, 11) is 0. The smallest absolute Gasteiger partial charge is 0.251 e. The van der Waals surface area contributed by atoms with E-state index in [0.717, 1.165) is 12.8 Å². The number of nitrogens with one attached hydrogen (secondary N) is 1. The van der Waals surface area contributed by atoms with Crippen molar-refractivity contribution in [2.24, 2.45) is 16.7 Å². The molecular weight excluding hydrogens is 255 g/mol. The molecular formula is C16H21FN2O. The maximum Gasteiger partial charge on any atom is 0.251 e. The molecule has 3 rings (SSSR count). The number of amides is 1. The van der Waals surface area contributed by atoms with Gasteiger partial charge in [-0.1, -0.05) is 20.8 Å². The van der Waals surface area contributed by atoms with Gasteiger partial charge in [0, 0.05) is 23.9 Å². The van der Waals surface area contributed by atoms with Crippen LogP contribution in [-0.4, -0.2) is 16.9 Å². The Hall–Kier alpha value is -1.45.